The van der Waals surface area contributed by atoms with Crippen LogP contribution in [0.1, 0.15) is 27.7 Å². The van der Waals surface area contributed by atoms with Crippen LogP contribution in [0.3, 0.4) is 0 Å². The zero-order valence-corrected chi connectivity index (χ0v) is 13.4. The van der Waals surface area contributed by atoms with Gasteiger partial charge in [-0.15, -0.1) is 11.3 Å². The molecule has 2 aromatic carbocycles. The highest BCUT2D eigenvalue weighted by Crippen LogP contribution is 2.27. The summed E-state index contributed by atoms with van der Waals surface area (Å²) >= 11 is 1.76. The van der Waals surface area contributed by atoms with Crippen molar-refractivity contribution in [3.05, 3.63) is 64.2 Å². The molecule has 0 radical (unpaired) electrons. The van der Waals surface area contributed by atoms with Gasteiger partial charge in [-0.1, -0.05) is 30.3 Å². The molecule has 1 atom stereocenters. The van der Waals surface area contributed by atoms with Crippen molar-refractivity contribution in [2.24, 2.45) is 5.73 Å². The summed E-state index contributed by atoms with van der Waals surface area (Å²) in [6.07, 6.45) is 0. The fraction of sp³-hybridized carbons (Fsp3) is 0.278. The zero-order chi connectivity index (χ0) is 15.1. The van der Waals surface area contributed by atoms with Gasteiger partial charge in [-0.2, -0.15) is 0 Å². The molecule has 4 rings (SSSR count). The Morgan fingerprint density at radius 3 is 3.05 bits per heavy atom. The highest BCUT2D eigenvalue weighted by Gasteiger charge is 2.22. The molecule has 1 aliphatic heterocycles. The van der Waals surface area contributed by atoms with E-state index in [1.165, 1.54) is 21.4 Å². The summed E-state index contributed by atoms with van der Waals surface area (Å²) in [5.41, 5.74) is 11.4. The van der Waals surface area contributed by atoms with Crippen LogP contribution < -0.4 is 5.73 Å². The van der Waals surface area contributed by atoms with E-state index in [0.717, 1.165) is 30.2 Å². The van der Waals surface area contributed by atoms with Crippen molar-refractivity contribution in [3.63, 3.8) is 0 Å². The van der Waals surface area contributed by atoms with Gasteiger partial charge in [0.1, 0.15) is 0 Å². The fourth-order valence-electron chi connectivity index (χ4n) is 3.28. The van der Waals surface area contributed by atoms with E-state index in [1.807, 2.05) is 0 Å². The summed E-state index contributed by atoms with van der Waals surface area (Å²) in [4.78, 5) is 6.96. The Bertz CT molecular complexity index is 824. The summed E-state index contributed by atoms with van der Waals surface area (Å²) in [5.74, 6) is 0. The van der Waals surface area contributed by atoms with E-state index in [9.17, 15) is 0 Å². The molecular formula is C18H19N3S. The van der Waals surface area contributed by atoms with Crippen LogP contribution in [0.4, 0.5) is 0 Å². The van der Waals surface area contributed by atoms with Gasteiger partial charge in [-0.05, 0) is 35.7 Å². The zero-order valence-electron chi connectivity index (χ0n) is 12.6. The molecule has 0 saturated heterocycles. The lowest BCUT2D eigenvalue weighted by Crippen LogP contribution is -2.36. The minimum atomic E-state index is 0.110. The summed E-state index contributed by atoms with van der Waals surface area (Å²) < 4.78 is 1.27. The van der Waals surface area contributed by atoms with E-state index < -0.39 is 0 Å². The second-order valence-electron chi connectivity index (χ2n) is 6.01. The van der Waals surface area contributed by atoms with Gasteiger partial charge in [-0.25, -0.2) is 4.98 Å². The number of hydrogen-bond donors (Lipinski definition) is 1. The predicted molar refractivity (Wildman–Crippen MR) is 91.8 cm³/mol. The maximum Gasteiger partial charge on any atom is 0.0907 e. The maximum atomic E-state index is 6.33. The molecule has 1 unspecified atom stereocenters. The highest BCUT2D eigenvalue weighted by molar-refractivity contribution is 7.18. The molecule has 0 aliphatic carbocycles. The van der Waals surface area contributed by atoms with Crippen LogP contribution in [0.2, 0.25) is 0 Å². The Labute approximate surface area is 134 Å². The molecule has 0 saturated carbocycles. The van der Waals surface area contributed by atoms with Crippen LogP contribution in [0.25, 0.3) is 10.2 Å². The van der Waals surface area contributed by atoms with Gasteiger partial charge in [-0.3, -0.25) is 4.90 Å². The number of fused-ring (bicyclic) bond motifs is 2. The molecule has 4 heteroatoms. The third-order valence-electron chi connectivity index (χ3n) is 4.27. The predicted octanol–water partition coefficient (Wildman–Crippen LogP) is 3.62. The minimum Gasteiger partial charge on any atom is -0.323 e. The first-order chi connectivity index (χ1) is 10.7. The number of aromatic nitrogens is 1. The third-order valence-corrected chi connectivity index (χ3v) is 5.20. The fourth-order valence-corrected chi connectivity index (χ4v) is 4.17. The van der Waals surface area contributed by atoms with Crippen molar-refractivity contribution < 1.29 is 0 Å². The normalized spacial score (nSPS) is 18.5. The highest BCUT2D eigenvalue weighted by atomic mass is 32.1. The molecule has 1 aromatic heterocycles. The Balaban J connectivity index is 1.58. The van der Waals surface area contributed by atoms with Gasteiger partial charge in [0.25, 0.3) is 0 Å². The average Bonchev–Trinajstić information content (AvgIpc) is 2.87. The van der Waals surface area contributed by atoms with Crippen LogP contribution in [0.5, 0.6) is 0 Å². The molecule has 2 heterocycles. The maximum absolute atomic E-state index is 6.33. The van der Waals surface area contributed by atoms with E-state index in [-0.39, 0.29) is 6.04 Å². The molecule has 0 amide bonds. The van der Waals surface area contributed by atoms with Crippen molar-refractivity contribution in [2.45, 2.75) is 26.1 Å². The lowest BCUT2D eigenvalue weighted by atomic mass is 9.96. The van der Waals surface area contributed by atoms with E-state index in [4.69, 9.17) is 5.73 Å². The van der Waals surface area contributed by atoms with Crippen LogP contribution in [-0.4, -0.2) is 16.4 Å². The van der Waals surface area contributed by atoms with E-state index in [2.05, 4.69) is 59.3 Å². The smallest absolute Gasteiger partial charge is 0.0907 e. The number of benzene rings is 2. The monoisotopic (exact) mass is 309 g/mol. The molecule has 22 heavy (non-hydrogen) atoms. The van der Waals surface area contributed by atoms with Crippen LogP contribution in [0.15, 0.2) is 42.5 Å². The van der Waals surface area contributed by atoms with Crippen LogP contribution in [-0.2, 0) is 13.1 Å². The van der Waals surface area contributed by atoms with Gasteiger partial charge in [0.05, 0.1) is 15.2 Å². The molecule has 0 fully saturated rings. The summed E-state index contributed by atoms with van der Waals surface area (Å²) in [5, 5.41) is 1.13. The van der Waals surface area contributed by atoms with Crippen molar-refractivity contribution >= 4 is 21.6 Å². The average molecular weight is 309 g/mol. The topological polar surface area (TPSA) is 42.2 Å². The first kappa shape index (κ1) is 13.9. The lowest BCUT2D eigenvalue weighted by molar-refractivity contribution is 0.223. The number of thiazole rings is 1. The van der Waals surface area contributed by atoms with E-state index >= 15 is 0 Å². The second kappa shape index (κ2) is 5.47. The van der Waals surface area contributed by atoms with Crippen molar-refractivity contribution in [3.8, 4) is 0 Å². The van der Waals surface area contributed by atoms with Crippen LogP contribution >= 0.6 is 11.3 Å². The molecule has 112 valence electrons. The SMILES string of the molecule is Cc1nc2ccc(CN3Cc4ccccc4C(N)C3)cc2s1. The van der Waals surface area contributed by atoms with Crippen molar-refractivity contribution in [1.82, 2.24) is 9.88 Å². The minimum absolute atomic E-state index is 0.110. The second-order valence-corrected chi connectivity index (χ2v) is 7.24. The van der Waals surface area contributed by atoms with Gasteiger partial charge in [0.2, 0.25) is 0 Å². The third kappa shape index (κ3) is 2.54. The molecular weight excluding hydrogens is 290 g/mol. The number of nitrogens with zero attached hydrogens (tertiary/aromatic N) is 2. The van der Waals surface area contributed by atoms with E-state index in [1.54, 1.807) is 11.3 Å². The Kier molecular flexibility index (Phi) is 3.45. The lowest BCUT2D eigenvalue weighted by Gasteiger charge is -2.32. The largest absolute Gasteiger partial charge is 0.323 e. The van der Waals surface area contributed by atoms with Gasteiger partial charge >= 0.3 is 0 Å². The first-order valence-corrected chi connectivity index (χ1v) is 8.42. The standard InChI is InChI=1S/C18H19N3S/c1-12-20-17-7-6-13(8-18(17)22-12)9-21-10-14-4-2-3-5-15(14)16(19)11-21/h2-8,16H,9-11,19H2,1H3. The number of nitrogens with two attached hydrogens (primary N) is 1. The van der Waals surface area contributed by atoms with Crippen molar-refractivity contribution in [2.75, 3.05) is 6.54 Å². The summed E-state index contributed by atoms with van der Waals surface area (Å²) in [7, 11) is 0. The number of hydrogen-bond acceptors (Lipinski definition) is 4. The molecule has 3 nitrogen and oxygen atoms in total. The summed E-state index contributed by atoms with van der Waals surface area (Å²) in [6.45, 7) is 4.89. The van der Waals surface area contributed by atoms with Crippen molar-refractivity contribution in [1.29, 1.82) is 0 Å². The van der Waals surface area contributed by atoms with E-state index in [0.29, 0.717) is 0 Å². The van der Waals surface area contributed by atoms with Crippen LogP contribution in [0, 0.1) is 6.92 Å². The quantitative estimate of drug-likeness (QED) is 0.786. The van der Waals surface area contributed by atoms with Gasteiger partial charge in [0.15, 0.2) is 0 Å². The Hall–Kier alpha value is -1.75. The molecule has 3 aromatic rings. The van der Waals surface area contributed by atoms with Gasteiger partial charge < -0.3 is 5.73 Å². The number of aryl methyl sites for hydroxylation is 1. The Morgan fingerprint density at radius 1 is 1.27 bits per heavy atom. The van der Waals surface area contributed by atoms with Gasteiger partial charge in [0, 0.05) is 25.7 Å². The Morgan fingerprint density at radius 2 is 2.14 bits per heavy atom. The first-order valence-electron chi connectivity index (χ1n) is 7.61. The molecule has 2 N–H and O–H groups in total. The summed E-state index contributed by atoms with van der Waals surface area (Å²) in [6, 6.07) is 15.2. The molecule has 0 bridgehead atoms. The molecule has 1 aliphatic rings. The molecule has 0 spiro atoms. The number of rotatable bonds is 2.